The Morgan fingerprint density at radius 1 is 1.41 bits per heavy atom. The van der Waals surface area contributed by atoms with Crippen LogP contribution in [0.1, 0.15) is 29.4 Å². The maximum atomic E-state index is 12.1. The molecule has 0 saturated heterocycles. The molecule has 0 spiro atoms. The quantitative estimate of drug-likeness (QED) is 0.745. The first-order valence-corrected chi connectivity index (χ1v) is 5.72. The van der Waals surface area contributed by atoms with Crippen molar-refractivity contribution in [2.45, 2.75) is 20.3 Å². The summed E-state index contributed by atoms with van der Waals surface area (Å²) in [5.74, 6) is -0.185. The Morgan fingerprint density at radius 2 is 2.18 bits per heavy atom. The van der Waals surface area contributed by atoms with Crippen molar-refractivity contribution >= 4 is 5.91 Å². The molecule has 0 fully saturated rings. The summed E-state index contributed by atoms with van der Waals surface area (Å²) in [6, 6.07) is 1.46. The highest BCUT2D eigenvalue weighted by Gasteiger charge is 2.19. The van der Waals surface area contributed by atoms with Crippen molar-refractivity contribution in [2.24, 2.45) is 0 Å². The van der Waals surface area contributed by atoms with Gasteiger partial charge in [0.25, 0.3) is 5.91 Å². The van der Waals surface area contributed by atoms with E-state index in [2.05, 4.69) is 11.9 Å². The summed E-state index contributed by atoms with van der Waals surface area (Å²) >= 11 is 0. The summed E-state index contributed by atoms with van der Waals surface area (Å²) in [6.07, 6.45) is 4.42. The summed E-state index contributed by atoms with van der Waals surface area (Å²) in [5, 5.41) is 0. The molecule has 1 N–H and O–H groups in total. The van der Waals surface area contributed by atoms with Crippen LogP contribution in [0.2, 0.25) is 0 Å². The zero-order chi connectivity index (χ0) is 12.4. The normalized spacial score (nSPS) is 15.6. The Kier molecular flexibility index (Phi) is 3.13. The first kappa shape index (κ1) is 11.6. The number of aromatic amines is 1. The number of aryl methyl sites for hydroxylation is 1. The first-order valence-electron chi connectivity index (χ1n) is 5.72. The van der Waals surface area contributed by atoms with Gasteiger partial charge in [-0.05, 0) is 20.3 Å². The average Bonchev–Trinajstić information content (AvgIpc) is 2.29. The van der Waals surface area contributed by atoms with Crippen molar-refractivity contribution in [1.82, 2.24) is 9.88 Å². The molecule has 17 heavy (non-hydrogen) atoms. The van der Waals surface area contributed by atoms with Crippen LogP contribution in [0.15, 0.2) is 28.7 Å². The Balaban J connectivity index is 2.23. The number of nitrogens with zero attached hydrogens (tertiary/aromatic N) is 1. The van der Waals surface area contributed by atoms with Gasteiger partial charge in [0.15, 0.2) is 5.43 Å². The van der Waals surface area contributed by atoms with Gasteiger partial charge in [-0.15, -0.1) is 0 Å². The van der Waals surface area contributed by atoms with E-state index >= 15 is 0 Å². The molecular formula is C13H16N2O2. The van der Waals surface area contributed by atoms with Gasteiger partial charge >= 0.3 is 0 Å². The number of nitrogens with one attached hydrogen (secondary N) is 1. The number of carbonyl (C=O) groups is 1. The van der Waals surface area contributed by atoms with Crippen molar-refractivity contribution < 1.29 is 4.79 Å². The van der Waals surface area contributed by atoms with E-state index in [1.54, 1.807) is 11.8 Å². The molecule has 1 amide bonds. The fourth-order valence-corrected chi connectivity index (χ4v) is 1.87. The molecular weight excluding hydrogens is 216 g/mol. The van der Waals surface area contributed by atoms with Gasteiger partial charge in [0.1, 0.15) is 5.56 Å². The summed E-state index contributed by atoms with van der Waals surface area (Å²) in [5.41, 5.74) is 2.08. The maximum Gasteiger partial charge on any atom is 0.259 e. The van der Waals surface area contributed by atoms with E-state index in [4.69, 9.17) is 0 Å². The Morgan fingerprint density at radius 3 is 2.76 bits per heavy atom. The lowest BCUT2D eigenvalue weighted by Crippen LogP contribution is -2.37. The van der Waals surface area contributed by atoms with Crippen molar-refractivity contribution in [3.05, 3.63) is 45.4 Å². The fraction of sp³-hybridized carbons (Fsp3) is 0.385. The van der Waals surface area contributed by atoms with Crippen molar-refractivity contribution in [3.8, 4) is 0 Å². The highest BCUT2D eigenvalue weighted by atomic mass is 16.2. The van der Waals surface area contributed by atoms with Crippen LogP contribution in [0.3, 0.4) is 0 Å². The van der Waals surface area contributed by atoms with E-state index in [0.29, 0.717) is 13.1 Å². The number of amides is 1. The minimum atomic E-state index is -0.211. The minimum Gasteiger partial charge on any atom is -0.364 e. The number of pyridine rings is 1. The average molecular weight is 232 g/mol. The molecule has 0 radical (unpaired) electrons. The highest BCUT2D eigenvalue weighted by molar-refractivity contribution is 5.94. The standard InChI is InChI=1S/C13H16N2O2/c1-9-3-5-15(6-4-9)13(17)11-8-14-10(2)7-12(11)16/h3,7-8H,4-6H2,1-2H3,(H,14,16). The van der Waals surface area contributed by atoms with Gasteiger partial charge in [0.05, 0.1) is 0 Å². The molecule has 2 rings (SSSR count). The van der Waals surface area contributed by atoms with Crippen molar-refractivity contribution in [2.75, 3.05) is 13.1 Å². The summed E-state index contributed by atoms with van der Waals surface area (Å²) < 4.78 is 0. The third kappa shape index (κ3) is 2.46. The number of hydrogen-bond acceptors (Lipinski definition) is 2. The van der Waals surface area contributed by atoms with Crippen LogP contribution < -0.4 is 5.43 Å². The third-order valence-corrected chi connectivity index (χ3v) is 3.01. The smallest absolute Gasteiger partial charge is 0.259 e. The molecule has 0 aliphatic carbocycles. The Bertz CT molecular complexity index is 528. The molecule has 1 aromatic heterocycles. The van der Waals surface area contributed by atoms with Gasteiger partial charge in [-0.2, -0.15) is 0 Å². The number of rotatable bonds is 1. The molecule has 1 aliphatic heterocycles. The molecule has 1 aromatic rings. The molecule has 0 aromatic carbocycles. The van der Waals surface area contributed by atoms with Crippen LogP contribution in [-0.2, 0) is 0 Å². The predicted octanol–water partition coefficient (Wildman–Crippen LogP) is 1.48. The van der Waals surface area contributed by atoms with E-state index in [1.165, 1.54) is 17.8 Å². The van der Waals surface area contributed by atoms with Crippen molar-refractivity contribution in [3.63, 3.8) is 0 Å². The summed E-state index contributed by atoms with van der Waals surface area (Å²) in [4.78, 5) is 28.4. The van der Waals surface area contributed by atoms with E-state index < -0.39 is 0 Å². The molecule has 0 atom stereocenters. The van der Waals surface area contributed by atoms with E-state index in [9.17, 15) is 9.59 Å². The maximum absolute atomic E-state index is 12.1. The molecule has 0 bridgehead atoms. The van der Waals surface area contributed by atoms with Crippen LogP contribution in [-0.4, -0.2) is 28.9 Å². The van der Waals surface area contributed by atoms with Gasteiger partial charge in [0.2, 0.25) is 0 Å². The Labute approximate surface area is 100.0 Å². The lowest BCUT2D eigenvalue weighted by Gasteiger charge is -2.25. The molecule has 4 heteroatoms. The second-order valence-electron chi connectivity index (χ2n) is 4.45. The number of H-pyrrole nitrogens is 1. The molecule has 4 nitrogen and oxygen atoms in total. The molecule has 0 unspecified atom stereocenters. The van der Waals surface area contributed by atoms with Crippen LogP contribution in [0.4, 0.5) is 0 Å². The van der Waals surface area contributed by atoms with Crippen molar-refractivity contribution in [1.29, 1.82) is 0 Å². The number of hydrogen-bond donors (Lipinski definition) is 1. The lowest BCUT2D eigenvalue weighted by atomic mass is 10.1. The Hall–Kier alpha value is -1.84. The van der Waals surface area contributed by atoms with Crippen LogP contribution in [0.5, 0.6) is 0 Å². The SMILES string of the molecule is CC1=CCN(C(=O)c2c[nH]c(C)cc2=O)CC1. The van der Waals surface area contributed by atoms with Crippen LogP contribution in [0.25, 0.3) is 0 Å². The fourth-order valence-electron chi connectivity index (χ4n) is 1.87. The van der Waals surface area contributed by atoms with Gasteiger partial charge in [-0.3, -0.25) is 9.59 Å². The zero-order valence-electron chi connectivity index (χ0n) is 10.1. The topological polar surface area (TPSA) is 53.2 Å². The second-order valence-corrected chi connectivity index (χ2v) is 4.45. The number of carbonyl (C=O) groups excluding carboxylic acids is 1. The van der Waals surface area contributed by atoms with E-state index in [1.807, 2.05) is 6.08 Å². The van der Waals surface area contributed by atoms with Gasteiger partial charge in [-0.25, -0.2) is 0 Å². The van der Waals surface area contributed by atoms with E-state index in [-0.39, 0.29) is 16.9 Å². The zero-order valence-corrected chi connectivity index (χ0v) is 10.1. The molecule has 2 heterocycles. The summed E-state index contributed by atoms with van der Waals surface area (Å²) in [6.45, 7) is 5.13. The highest BCUT2D eigenvalue weighted by Crippen LogP contribution is 2.11. The minimum absolute atomic E-state index is 0.185. The lowest BCUT2D eigenvalue weighted by molar-refractivity contribution is 0.0767. The van der Waals surface area contributed by atoms with E-state index in [0.717, 1.165) is 12.1 Å². The first-order chi connectivity index (χ1) is 8.08. The van der Waals surface area contributed by atoms with Gasteiger partial charge < -0.3 is 9.88 Å². The molecule has 0 saturated carbocycles. The largest absolute Gasteiger partial charge is 0.364 e. The second kappa shape index (κ2) is 4.57. The van der Waals surface area contributed by atoms with Crippen LogP contribution >= 0.6 is 0 Å². The number of aromatic nitrogens is 1. The van der Waals surface area contributed by atoms with Gasteiger partial charge in [-0.1, -0.05) is 11.6 Å². The van der Waals surface area contributed by atoms with Crippen LogP contribution in [0, 0.1) is 6.92 Å². The van der Waals surface area contributed by atoms with Gasteiger partial charge in [0, 0.05) is 31.0 Å². The third-order valence-electron chi connectivity index (χ3n) is 3.01. The molecule has 1 aliphatic rings. The summed E-state index contributed by atoms with van der Waals surface area (Å²) in [7, 11) is 0. The monoisotopic (exact) mass is 232 g/mol. The molecule has 90 valence electrons. The predicted molar refractivity (Wildman–Crippen MR) is 66.1 cm³/mol.